The van der Waals surface area contributed by atoms with Crippen molar-refractivity contribution in [2.24, 2.45) is 4.99 Å². The summed E-state index contributed by atoms with van der Waals surface area (Å²) in [5.41, 5.74) is 2.10. The van der Waals surface area contributed by atoms with Gasteiger partial charge in [-0.25, -0.2) is 4.99 Å². The maximum absolute atomic E-state index is 6.08. The predicted molar refractivity (Wildman–Crippen MR) is 101 cm³/mol. The molecule has 1 aliphatic carbocycles. The molecule has 0 bridgehead atoms. The molecule has 0 radical (unpaired) electrons. The quantitative estimate of drug-likeness (QED) is 0.601. The van der Waals surface area contributed by atoms with Crippen molar-refractivity contribution in [2.75, 3.05) is 6.54 Å². The molecule has 0 saturated heterocycles. The molecule has 3 rings (SSSR count). The van der Waals surface area contributed by atoms with Gasteiger partial charge in [-0.2, -0.15) is 0 Å². The molecule has 1 fully saturated rings. The summed E-state index contributed by atoms with van der Waals surface area (Å²) < 4.78 is 6.08. The number of ether oxygens (including phenoxy) is 1. The topological polar surface area (TPSA) is 58.5 Å². The molecular formula is C20H26N4O. The second kappa shape index (κ2) is 9.06. The van der Waals surface area contributed by atoms with Gasteiger partial charge >= 0.3 is 0 Å². The Hall–Kier alpha value is -2.56. The Morgan fingerprint density at radius 3 is 2.72 bits per heavy atom. The Bertz CT molecular complexity index is 683. The standard InChI is InChI=1S/C20H26N4O/c1-2-21-20(24-15-17-9-5-6-13-22-17)23-14-16-8-3-4-12-19(16)25-18-10-7-11-18/h3-6,8-9,12-13,18H,2,7,10-11,14-15H2,1H3,(H2,21,23,24). The molecule has 5 heteroatoms. The highest BCUT2D eigenvalue weighted by atomic mass is 16.5. The third-order valence-electron chi connectivity index (χ3n) is 4.23. The van der Waals surface area contributed by atoms with Crippen molar-refractivity contribution < 1.29 is 4.74 Å². The first-order valence-corrected chi connectivity index (χ1v) is 9.02. The average Bonchev–Trinajstić information content (AvgIpc) is 2.62. The van der Waals surface area contributed by atoms with Crippen LogP contribution in [0.3, 0.4) is 0 Å². The minimum absolute atomic E-state index is 0.376. The third kappa shape index (κ3) is 5.21. The molecule has 0 atom stereocenters. The first kappa shape index (κ1) is 17.3. The zero-order valence-electron chi connectivity index (χ0n) is 14.7. The normalized spacial score (nSPS) is 14.7. The zero-order valence-corrected chi connectivity index (χ0v) is 14.7. The highest BCUT2D eigenvalue weighted by molar-refractivity contribution is 5.79. The minimum atomic E-state index is 0.376. The molecule has 1 saturated carbocycles. The SMILES string of the molecule is CCNC(=NCc1ccccc1OC1CCC1)NCc1ccccn1. The number of aliphatic imine (C=N–C) groups is 1. The lowest BCUT2D eigenvalue weighted by Gasteiger charge is -2.27. The Morgan fingerprint density at radius 2 is 2.00 bits per heavy atom. The fraction of sp³-hybridized carbons (Fsp3) is 0.400. The summed E-state index contributed by atoms with van der Waals surface area (Å²) in [5.74, 6) is 1.74. The number of hydrogen-bond acceptors (Lipinski definition) is 3. The van der Waals surface area contributed by atoms with Crippen LogP contribution in [0.1, 0.15) is 37.4 Å². The van der Waals surface area contributed by atoms with Gasteiger partial charge in [0.25, 0.3) is 0 Å². The summed E-state index contributed by atoms with van der Waals surface area (Å²) in [7, 11) is 0. The highest BCUT2D eigenvalue weighted by Gasteiger charge is 2.20. The van der Waals surface area contributed by atoms with Gasteiger partial charge in [0.15, 0.2) is 5.96 Å². The zero-order chi connectivity index (χ0) is 17.3. The Balaban J connectivity index is 1.62. The molecule has 0 amide bonds. The van der Waals surface area contributed by atoms with Crippen LogP contribution in [-0.4, -0.2) is 23.6 Å². The summed E-state index contributed by atoms with van der Waals surface area (Å²) in [6, 6.07) is 14.1. The first-order chi connectivity index (χ1) is 12.3. The summed E-state index contributed by atoms with van der Waals surface area (Å²) >= 11 is 0. The average molecular weight is 338 g/mol. The van der Waals surface area contributed by atoms with Gasteiger partial charge in [0.05, 0.1) is 24.9 Å². The summed E-state index contributed by atoms with van der Waals surface area (Å²) in [6.45, 7) is 4.10. The fourth-order valence-corrected chi connectivity index (χ4v) is 2.60. The van der Waals surface area contributed by atoms with E-state index in [4.69, 9.17) is 9.73 Å². The molecule has 2 N–H and O–H groups in total. The van der Waals surface area contributed by atoms with Crippen molar-refractivity contribution in [1.82, 2.24) is 15.6 Å². The molecule has 132 valence electrons. The molecule has 1 aliphatic rings. The number of hydrogen-bond donors (Lipinski definition) is 2. The fourth-order valence-electron chi connectivity index (χ4n) is 2.60. The van der Waals surface area contributed by atoms with Gasteiger partial charge in [-0.3, -0.25) is 4.98 Å². The van der Waals surface area contributed by atoms with E-state index in [1.54, 1.807) is 6.20 Å². The van der Waals surface area contributed by atoms with Crippen LogP contribution in [0.4, 0.5) is 0 Å². The minimum Gasteiger partial charge on any atom is -0.490 e. The van der Waals surface area contributed by atoms with E-state index in [9.17, 15) is 0 Å². The molecule has 2 aromatic rings. The molecular weight excluding hydrogens is 312 g/mol. The molecule has 0 unspecified atom stereocenters. The van der Waals surface area contributed by atoms with E-state index < -0.39 is 0 Å². The number of nitrogens with zero attached hydrogens (tertiary/aromatic N) is 2. The second-order valence-electron chi connectivity index (χ2n) is 6.15. The third-order valence-corrected chi connectivity index (χ3v) is 4.23. The van der Waals surface area contributed by atoms with Gasteiger partial charge < -0.3 is 15.4 Å². The number of nitrogens with one attached hydrogen (secondary N) is 2. The smallest absolute Gasteiger partial charge is 0.191 e. The van der Waals surface area contributed by atoms with Crippen molar-refractivity contribution in [1.29, 1.82) is 0 Å². The van der Waals surface area contributed by atoms with E-state index in [0.717, 1.165) is 42.4 Å². The lowest BCUT2D eigenvalue weighted by atomic mass is 9.96. The van der Waals surface area contributed by atoms with Gasteiger partial charge in [0.1, 0.15) is 5.75 Å². The number of benzene rings is 1. The van der Waals surface area contributed by atoms with Crippen LogP contribution in [-0.2, 0) is 13.1 Å². The molecule has 0 spiro atoms. The maximum Gasteiger partial charge on any atom is 0.191 e. The van der Waals surface area contributed by atoms with Crippen molar-refractivity contribution in [2.45, 2.75) is 45.4 Å². The van der Waals surface area contributed by atoms with Crippen molar-refractivity contribution in [3.8, 4) is 5.75 Å². The first-order valence-electron chi connectivity index (χ1n) is 9.02. The Kier molecular flexibility index (Phi) is 6.26. The van der Waals surface area contributed by atoms with Gasteiger partial charge in [-0.15, -0.1) is 0 Å². The number of guanidine groups is 1. The van der Waals surface area contributed by atoms with Crippen molar-refractivity contribution in [3.63, 3.8) is 0 Å². The van der Waals surface area contributed by atoms with Crippen LogP contribution in [0.2, 0.25) is 0 Å². The number of aromatic nitrogens is 1. The van der Waals surface area contributed by atoms with E-state index in [1.807, 2.05) is 36.4 Å². The summed E-state index contributed by atoms with van der Waals surface area (Å²) in [5, 5.41) is 6.60. The van der Waals surface area contributed by atoms with E-state index in [1.165, 1.54) is 6.42 Å². The van der Waals surface area contributed by atoms with Crippen LogP contribution >= 0.6 is 0 Å². The van der Waals surface area contributed by atoms with Crippen LogP contribution in [0.5, 0.6) is 5.75 Å². The monoisotopic (exact) mass is 338 g/mol. The van der Waals surface area contributed by atoms with Crippen LogP contribution in [0.25, 0.3) is 0 Å². The molecule has 1 heterocycles. The highest BCUT2D eigenvalue weighted by Crippen LogP contribution is 2.27. The van der Waals surface area contributed by atoms with E-state index >= 15 is 0 Å². The molecule has 25 heavy (non-hydrogen) atoms. The maximum atomic E-state index is 6.08. The van der Waals surface area contributed by atoms with Gasteiger partial charge in [-0.1, -0.05) is 24.3 Å². The summed E-state index contributed by atoms with van der Waals surface area (Å²) in [6.07, 6.45) is 5.76. The van der Waals surface area contributed by atoms with Gasteiger partial charge in [0.2, 0.25) is 0 Å². The van der Waals surface area contributed by atoms with Crippen molar-refractivity contribution >= 4 is 5.96 Å². The number of para-hydroxylation sites is 1. The van der Waals surface area contributed by atoms with E-state index in [2.05, 4.69) is 28.6 Å². The van der Waals surface area contributed by atoms with Crippen LogP contribution in [0, 0.1) is 0 Å². The van der Waals surface area contributed by atoms with Crippen molar-refractivity contribution in [3.05, 3.63) is 59.9 Å². The number of rotatable bonds is 7. The lowest BCUT2D eigenvalue weighted by Crippen LogP contribution is -2.37. The van der Waals surface area contributed by atoms with Crippen LogP contribution < -0.4 is 15.4 Å². The molecule has 1 aromatic heterocycles. The van der Waals surface area contributed by atoms with Gasteiger partial charge in [0, 0.05) is 18.3 Å². The summed E-state index contributed by atoms with van der Waals surface area (Å²) in [4.78, 5) is 9.02. The predicted octanol–water partition coefficient (Wildman–Crippen LogP) is 3.27. The van der Waals surface area contributed by atoms with Gasteiger partial charge in [-0.05, 0) is 44.4 Å². The van der Waals surface area contributed by atoms with Crippen LogP contribution in [0.15, 0.2) is 53.7 Å². The number of pyridine rings is 1. The molecule has 0 aliphatic heterocycles. The largest absolute Gasteiger partial charge is 0.490 e. The van der Waals surface area contributed by atoms with E-state index in [-0.39, 0.29) is 0 Å². The Morgan fingerprint density at radius 1 is 1.16 bits per heavy atom. The lowest BCUT2D eigenvalue weighted by molar-refractivity contribution is 0.119. The van der Waals surface area contributed by atoms with E-state index in [0.29, 0.717) is 19.2 Å². The molecule has 1 aromatic carbocycles. The molecule has 5 nitrogen and oxygen atoms in total. The second-order valence-corrected chi connectivity index (χ2v) is 6.15. The Labute approximate surface area is 149 Å².